The van der Waals surface area contributed by atoms with Crippen LogP contribution in [0.1, 0.15) is 41.4 Å². The highest BCUT2D eigenvalue weighted by molar-refractivity contribution is 7.93. The first-order valence-corrected chi connectivity index (χ1v) is 11.5. The minimum atomic E-state index is -3.48. The maximum Gasteiger partial charge on any atom is 0.239 e. The largest absolute Gasteiger partial charge is 0.239 e. The number of allylic oxidation sites excluding steroid dienone is 1. The Balaban J connectivity index is 1.52. The maximum atomic E-state index is 13.4. The molecule has 0 bridgehead atoms. The van der Waals surface area contributed by atoms with E-state index in [0.29, 0.717) is 17.9 Å². The molecule has 0 radical (unpaired) electrons. The molecule has 0 N–H and O–H groups in total. The molecule has 1 aromatic heterocycles. The van der Waals surface area contributed by atoms with Gasteiger partial charge in [0.2, 0.25) is 10.0 Å². The molecule has 6 heteroatoms. The third-order valence-corrected chi connectivity index (χ3v) is 8.63. The summed E-state index contributed by atoms with van der Waals surface area (Å²) in [6.45, 7) is 0.571. The quantitative estimate of drug-likeness (QED) is 0.642. The highest BCUT2D eigenvalue weighted by Gasteiger charge is 2.39. The van der Waals surface area contributed by atoms with Crippen molar-refractivity contribution >= 4 is 37.7 Å². The van der Waals surface area contributed by atoms with Gasteiger partial charge in [-0.05, 0) is 55.0 Å². The van der Waals surface area contributed by atoms with E-state index in [1.54, 1.807) is 15.6 Å². The van der Waals surface area contributed by atoms with Crippen molar-refractivity contribution in [2.75, 3.05) is 6.54 Å². The predicted molar refractivity (Wildman–Crippen MR) is 110 cm³/mol. The molecular formula is C21H20N2O2S2. The third-order valence-electron chi connectivity index (χ3n) is 5.45. The van der Waals surface area contributed by atoms with Crippen molar-refractivity contribution in [3.8, 4) is 0 Å². The second kappa shape index (κ2) is 6.55. The second-order valence-corrected chi connectivity index (χ2v) is 10.1. The molecule has 0 spiro atoms. The second-order valence-electron chi connectivity index (χ2n) is 7.10. The molecule has 1 aliphatic carbocycles. The molecule has 5 rings (SSSR count). The van der Waals surface area contributed by atoms with Crippen molar-refractivity contribution in [1.82, 2.24) is 9.29 Å². The first-order valence-electron chi connectivity index (χ1n) is 9.29. The van der Waals surface area contributed by atoms with E-state index in [0.717, 1.165) is 40.1 Å². The zero-order chi connectivity index (χ0) is 18.4. The van der Waals surface area contributed by atoms with E-state index in [2.05, 4.69) is 6.07 Å². The summed E-state index contributed by atoms with van der Waals surface area (Å²) < 4.78 is 29.7. The predicted octanol–water partition coefficient (Wildman–Crippen LogP) is 4.75. The summed E-state index contributed by atoms with van der Waals surface area (Å²) in [7, 11) is -3.48. The average Bonchev–Trinajstić information content (AvgIpc) is 3.34. The molecule has 2 aromatic carbocycles. The van der Waals surface area contributed by atoms with E-state index in [-0.39, 0.29) is 6.04 Å². The van der Waals surface area contributed by atoms with E-state index in [1.165, 1.54) is 5.56 Å². The zero-order valence-corrected chi connectivity index (χ0v) is 16.5. The normalized spacial score (nSPS) is 20.6. The Labute approximate surface area is 163 Å². The van der Waals surface area contributed by atoms with Crippen LogP contribution in [0.25, 0.3) is 16.3 Å². The van der Waals surface area contributed by atoms with Gasteiger partial charge in [0.15, 0.2) is 0 Å². The number of rotatable bonds is 3. The first kappa shape index (κ1) is 17.1. The lowest BCUT2D eigenvalue weighted by molar-refractivity contribution is 0.399. The van der Waals surface area contributed by atoms with Crippen LogP contribution in [-0.2, 0) is 16.4 Å². The summed E-state index contributed by atoms with van der Waals surface area (Å²) in [5.41, 5.74) is 3.20. The van der Waals surface area contributed by atoms with Gasteiger partial charge in [0.05, 0.1) is 21.2 Å². The third kappa shape index (κ3) is 2.92. The molecule has 4 nitrogen and oxygen atoms in total. The van der Waals surface area contributed by atoms with Gasteiger partial charge >= 0.3 is 0 Å². The van der Waals surface area contributed by atoms with Crippen LogP contribution < -0.4 is 0 Å². The van der Waals surface area contributed by atoms with E-state index in [1.807, 2.05) is 48.5 Å². The number of aromatic nitrogens is 1. The van der Waals surface area contributed by atoms with Gasteiger partial charge in [0.25, 0.3) is 0 Å². The fraction of sp³-hybridized carbons (Fsp3) is 0.286. The van der Waals surface area contributed by atoms with Crippen LogP contribution in [-0.4, -0.2) is 24.3 Å². The van der Waals surface area contributed by atoms with Gasteiger partial charge in [-0.3, -0.25) is 0 Å². The van der Waals surface area contributed by atoms with Crippen LogP contribution >= 0.6 is 11.3 Å². The Hall–Kier alpha value is -2.02. The number of sulfonamides is 1. The molecule has 138 valence electrons. The Kier molecular flexibility index (Phi) is 4.15. The van der Waals surface area contributed by atoms with Gasteiger partial charge in [-0.2, -0.15) is 4.31 Å². The van der Waals surface area contributed by atoms with Gasteiger partial charge in [-0.15, -0.1) is 11.3 Å². The Morgan fingerprint density at radius 3 is 2.74 bits per heavy atom. The van der Waals surface area contributed by atoms with E-state index in [9.17, 15) is 8.42 Å². The number of para-hydroxylation sites is 1. The lowest BCUT2D eigenvalue weighted by atomic mass is 9.98. The van der Waals surface area contributed by atoms with Crippen LogP contribution in [0, 0.1) is 0 Å². The molecule has 1 saturated heterocycles. The molecular weight excluding hydrogens is 376 g/mol. The van der Waals surface area contributed by atoms with E-state index >= 15 is 0 Å². The van der Waals surface area contributed by atoms with Gasteiger partial charge in [0, 0.05) is 6.54 Å². The summed E-state index contributed by atoms with van der Waals surface area (Å²) in [5.74, 6) is 0. The molecule has 1 aliphatic heterocycles. The number of fused-ring (bicyclic) bond motifs is 2. The zero-order valence-electron chi connectivity index (χ0n) is 14.8. The minimum Gasteiger partial charge on any atom is -0.239 e. The van der Waals surface area contributed by atoms with Gasteiger partial charge in [0.1, 0.15) is 5.01 Å². The molecule has 1 unspecified atom stereocenters. The molecule has 1 fully saturated rings. The number of hydrogen-bond acceptors (Lipinski definition) is 4. The molecule has 0 saturated carbocycles. The van der Waals surface area contributed by atoms with Crippen LogP contribution in [0.2, 0.25) is 0 Å². The molecule has 1 atom stereocenters. The summed E-state index contributed by atoms with van der Waals surface area (Å²) in [4.78, 5) is 5.27. The number of hydrogen-bond donors (Lipinski definition) is 0. The van der Waals surface area contributed by atoms with Crippen LogP contribution in [0.15, 0.2) is 53.4 Å². The summed E-state index contributed by atoms with van der Waals surface area (Å²) in [5, 5.41) is 0.911. The average molecular weight is 397 g/mol. The molecule has 3 aromatic rings. The highest BCUT2D eigenvalue weighted by Crippen LogP contribution is 2.41. The standard InChI is InChI=1S/C21H20N2O2S2/c24-27(25,17-12-11-15-6-1-2-7-16(15)14-17)23-13-5-9-19(23)21-22-18-8-3-4-10-20(18)26-21/h1-4,6-8,10,14,19H,5,9,11-13H2. The lowest BCUT2D eigenvalue weighted by Gasteiger charge is -2.26. The highest BCUT2D eigenvalue weighted by atomic mass is 32.2. The summed E-state index contributed by atoms with van der Waals surface area (Å²) in [6.07, 6.45) is 4.93. The fourth-order valence-electron chi connectivity index (χ4n) is 4.07. The maximum absolute atomic E-state index is 13.4. The van der Waals surface area contributed by atoms with E-state index in [4.69, 9.17) is 4.98 Å². The SMILES string of the molecule is O=S(=O)(C1=Cc2ccccc2CC1)N1CCCC1c1nc2ccccc2s1. The van der Waals surface area contributed by atoms with E-state index < -0.39 is 10.0 Å². The van der Waals surface area contributed by atoms with Crippen LogP contribution in [0.5, 0.6) is 0 Å². The summed E-state index contributed by atoms with van der Waals surface area (Å²) in [6, 6.07) is 15.9. The van der Waals surface area contributed by atoms with Crippen LogP contribution in [0.4, 0.5) is 0 Å². The number of aryl methyl sites for hydroxylation is 1. The Morgan fingerprint density at radius 1 is 1.04 bits per heavy atom. The van der Waals surface area contributed by atoms with Gasteiger partial charge in [-0.25, -0.2) is 13.4 Å². The van der Waals surface area contributed by atoms with Crippen molar-refractivity contribution in [3.05, 3.63) is 69.6 Å². The smallest absolute Gasteiger partial charge is 0.239 e. The molecule has 27 heavy (non-hydrogen) atoms. The van der Waals surface area contributed by atoms with Gasteiger partial charge < -0.3 is 0 Å². The van der Waals surface area contributed by atoms with Gasteiger partial charge in [-0.1, -0.05) is 36.4 Å². The number of thiazole rings is 1. The Bertz CT molecular complexity index is 1110. The first-order chi connectivity index (χ1) is 13.1. The monoisotopic (exact) mass is 396 g/mol. The topological polar surface area (TPSA) is 50.3 Å². The molecule has 2 heterocycles. The number of benzene rings is 2. The molecule has 0 amide bonds. The Morgan fingerprint density at radius 2 is 1.85 bits per heavy atom. The number of nitrogens with zero attached hydrogens (tertiary/aromatic N) is 2. The minimum absolute atomic E-state index is 0.148. The summed E-state index contributed by atoms with van der Waals surface area (Å²) >= 11 is 1.61. The van der Waals surface area contributed by atoms with Crippen LogP contribution in [0.3, 0.4) is 0 Å². The van der Waals surface area contributed by atoms with Crippen molar-refractivity contribution < 1.29 is 8.42 Å². The fourth-order valence-corrected chi connectivity index (χ4v) is 7.10. The lowest BCUT2D eigenvalue weighted by Crippen LogP contribution is -2.32. The molecule has 2 aliphatic rings. The van der Waals surface area contributed by atoms with Crippen molar-refractivity contribution in [2.24, 2.45) is 0 Å². The van der Waals surface area contributed by atoms with Crippen molar-refractivity contribution in [3.63, 3.8) is 0 Å². The van der Waals surface area contributed by atoms with Crippen molar-refractivity contribution in [2.45, 2.75) is 31.7 Å². The van der Waals surface area contributed by atoms with Crippen molar-refractivity contribution in [1.29, 1.82) is 0 Å².